The molecule has 0 amide bonds. The lowest BCUT2D eigenvalue weighted by Crippen LogP contribution is -2.09. The van der Waals surface area contributed by atoms with Crippen LogP contribution in [0, 0.1) is 5.92 Å². The molecule has 4 heteroatoms. The zero-order chi connectivity index (χ0) is 11.9. The van der Waals surface area contributed by atoms with Crippen molar-refractivity contribution >= 4 is 5.78 Å². The van der Waals surface area contributed by atoms with Crippen LogP contribution in [0.1, 0.15) is 30.4 Å². The normalized spacial score (nSPS) is 24.2. The van der Waals surface area contributed by atoms with Crippen LogP contribution < -0.4 is 0 Å². The maximum absolute atomic E-state index is 12.7. The van der Waals surface area contributed by atoms with Crippen molar-refractivity contribution < 1.29 is 18.0 Å². The number of hydrogen-bond donors (Lipinski definition) is 0. The van der Waals surface area contributed by atoms with Crippen LogP contribution in [-0.4, -0.2) is 5.78 Å². The van der Waals surface area contributed by atoms with Gasteiger partial charge in [-0.25, -0.2) is 0 Å². The van der Waals surface area contributed by atoms with Gasteiger partial charge in [-0.1, -0.05) is 18.2 Å². The van der Waals surface area contributed by atoms with Gasteiger partial charge < -0.3 is 0 Å². The highest BCUT2D eigenvalue weighted by Gasteiger charge is 2.46. The maximum atomic E-state index is 12.7. The van der Waals surface area contributed by atoms with Crippen molar-refractivity contribution in [3.05, 3.63) is 35.4 Å². The fraction of sp³-hybridized carbons (Fsp3) is 0.417. The lowest BCUT2D eigenvalue weighted by atomic mass is 10.0. The molecule has 2 atom stereocenters. The van der Waals surface area contributed by atoms with Crippen molar-refractivity contribution in [1.82, 2.24) is 0 Å². The van der Waals surface area contributed by atoms with Gasteiger partial charge in [-0.15, -0.1) is 0 Å². The van der Waals surface area contributed by atoms with Crippen molar-refractivity contribution in [3.63, 3.8) is 0 Å². The minimum atomic E-state index is -4.33. The SMILES string of the molecule is CC(=O)[C@H]1C[C@@H]1c1ccccc1C(F)(F)F. The molecule has 16 heavy (non-hydrogen) atoms. The minimum Gasteiger partial charge on any atom is -0.300 e. The quantitative estimate of drug-likeness (QED) is 0.758. The van der Waals surface area contributed by atoms with Crippen LogP contribution >= 0.6 is 0 Å². The summed E-state index contributed by atoms with van der Waals surface area (Å²) in [4.78, 5) is 11.1. The first-order valence-corrected chi connectivity index (χ1v) is 5.08. The average molecular weight is 228 g/mol. The molecule has 0 N–H and O–H groups in total. The molecule has 0 unspecified atom stereocenters. The summed E-state index contributed by atoms with van der Waals surface area (Å²) < 4.78 is 38.0. The Morgan fingerprint density at radius 1 is 1.31 bits per heavy atom. The Balaban J connectivity index is 2.33. The van der Waals surface area contributed by atoms with Crippen LogP contribution in [-0.2, 0) is 11.0 Å². The number of Topliss-reactive ketones (excluding diaryl/α,β-unsaturated/α-hetero) is 1. The highest BCUT2D eigenvalue weighted by Crippen LogP contribution is 2.51. The molecule has 0 spiro atoms. The summed E-state index contributed by atoms with van der Waals surface area (Å²) in [7, 11) is 0. The third-order valence-corrected chi connectivity index (χ3v) is 2.98. The molecule has 0 aliphatic heterocycles. The van der Waals surface area contributed by atoms with E-state index < -0.39 is 11.7 Å². The third-order valence-electron chi connectivity index (χ3n) is 2.98. The van der Waals surface area contributed by atoms with Crippen LogP contribution in [0.15, 0.2) is 24.3 Å². The zero-order valence-electron chi connectivity index (χ0n) is 8.71. The Hall–Kier alpha value is -1.32. The fourth-order valence-corrected chi connectivity index (χ4v) is 2.07. The van der Waals surface area contributed by atoms with Gasteiger partial charge in [-0.05, 0) is 30.9 Å². The van der Waals surface area contributed by atoms with Gasteiger partial charge in [0, 0.05) is 5.92 Å². The van der Waals surface area contributed by atoms with Gasteiger partial charge in [0.15, 0.2) is 0 Å². The molecule has 1 aromatic carbocycles. The topological polar surface area (TPSA) is 17.1 Å². The molecule has 1 nitrogen and oxygen atoms in total. The monoisotopic (exact) mass is 228 g/mol. The molecule has 0 bridgehead atoms. The van der Waals surface area contributed by atoms with Gasteiger partial charge in [0.25, 0.3) is 0 Å². The smallest absolute Gasteiger partial charge is 0.300 e. The van der Waals surface area contributed by atoms with E-state index in [0.29, 0.717) is 6.42 Å². The molecule has 0 heterocycles. The van der Waals surface area contributed by atoms with E-state index in [9.17, 15) is 18.0 Å². The van der Waals surface area contributed by atoms with E-state index in [1.165, 1.54) is 19.1 Å². The Kier molecular flexibility index (Phi) is 2.52. The van der Waals surface area contributed by atoms with Crippen LogP contribution in [0.5, 0.6) is 0 Å². The number of hydrogen-bond acceptors (Lipinski definition) is 1. The summed E-state index contributed by atoms with van der Waals surface area (Å²) in [5.41, 5.74) is -0.348. The van der Waals surface area contributed by atoms with Crippen LogP contribution in [0.4, 0.5) is 13.2 Å². The average Bonchev–Trinajstić information content (AvgIpc) is 2.95. The Labute approximate surface area is 91.3 Å². The Bertz CT molecular complexity index is 423. The van der Waals surface area contributed by atoms with Crippen molar-refractivity contribution in [2.75, 3.05) is 0 Å². The first-order chi connectivity index (χ1) is 7.41. The molecule has 1 saturated carbocycles. The first kappa shape index (κ1) is 11.2. The molecule has 2 rings (SSSR count). The van der Waals surface area contributed by atoms with Gasteiger partial charge in [-0.3, -0.25) is 4.79 Å². The van der Waals surface area contributed by atoms with E-state index in [-0.39, 0.29) is 23.2 Å². The van der Waals surface area contributed by atoms with Crippen molar-refractivity contribution in [2.45, 2.75) is 25.4 Å². The summed E-state index contributed by atoms with van der Waals surface area (Å²) in [6, 6.07) is 5.50. The molecule has 1 aromatic rings. The lowest BCUT2D eigenvalue weighted by Gasteiger charge is -2.11. The van der Waals surface area contributed by atoms with Gasteiger partial charge in [0.05, 0.1) is 5.56 Å². The predicted molar refractivity (Wildman–Crippen MR) is 53.0 cm³/mol. The van der Waals surface area contributed by atoms with E-state index >= 15 is 0 Å². The Morgan fingerprint density at radius 2 is 1.94 bits per heavy atom. The van der Waals surface area contributed by atoms with E-state index in [2.05, 4.69) is 0 Å². The summed E-state index contributed by atoms with van der Waals surface area (Å²) in [5, 5.41) is 0. The van der Waals surface area contributed by atoms with Gasteiger partial charge in [-0.2, -0.15) is 13.2 Å². The van der Waals surface area contributed by atoms with Crippen LogP contribution in [0.25, 0.3) is 0 Å². The molecule has 0 radical (unpaired) electrons. The number of ketones is 1. The van der Waals surface area contributed by atoms with Crippen molar-refractivity contribution in [3.8, 4) is 0 Å². The first-order valence-electron chi connectivity index (χ1n) is 5.08. The molecular formula is C12H11F3O. The second-order valence-corrected chi connectivity index (χ2v) is 4.14. The highest BCUT2D eigenvalue weighted by molar-refractivity contribution is 5.82. The number of alkyl halides is 3. The number of carbonyl (C=O) groups excluding carboxylic acids is 1. The lowest BCUT2D eigenvalue weighted by molar-refractivity contribution is -0.138. The number of benzene rings is 1. The molecule has 0 saturated heterocycles. The largest absolute Gasteiger partial charge is 0.416 e. The summed E-state index contributed by atoms with van der Waals surface area (Å²) in [5.74, 6) is -0.485. The van der Waals surface area contributed by atoms with Gasteiger partial charge in [0.1, 0.15) is 5.78 Å². The molecule has 1 fully saturated rings. The van der Waals surface area contributed by atoms with Crippen LogP contribution in [0.2, 0.25) is 0 Å². The van der Waals surface area contributed by atoms with Crippen molar-refractivity contribution in [1.29, 1.82) is 0 Å². The molecular weight excluding hydrogens is 217 g/mol. The number of carbonyl (C=O) groups is 1. The van der Waals surface area contributed by atoms with Gasteiger partial charge >= 0.3 is 6.18 Å². The highest BCUT2D eigenvalue weighted by atomic mass is 19.4. The van der Waals surface area contributed by atoms with Crippen LogP contribution in [0.3, 0.4) is 0 Å². The number of halogens is 3. The number of rotatable bonds is 2. The molecule has 0 aromatic heterocycles. The molecule has 1 aliphatic carbocycles. The molecule has 1 aliphatic rings. The predicted octanol–water partition coefficient (Wildman–Crippen LogP) is 3.40. The molecule has 86 valence electrons. The Morgan fingerprint density at radius 3 is 2.44 bits per heavy atom. The summed E-state index contributed by atoms with van der Waals surface area (Å²) in [6.07, 6.45) is -3.79. The summed E-state index contributed by atoms with van der Waals surface area (Å²) >= 11 is 0. The van der Waals surface area contributed by atoms with E-state index in [4.69, 9.17) is 0 Å². The van der Waals surface area contributed by atoms with E-state index in [0.717, 1.165) is 6.07 Å². The van der Waals surface area contributed by atoms with Gasteiger partial charge in [0.2, 0.25) is 0 Å². The second kappa shape index (κ2) is 3.61. The fourth-order valence-electron chi connectivity index (χ4n) is 2.07. The van der Waals surface area contributed by atoms with E-state index in [1.54, 1.807) is 6.07 Å². The standard InChI is InChI=1S/C12H11F3O/c1-7(16)9-6-10(9)8-4-2-3-5-11(8)12(13,14)15/h2-5,9-10H,6H2,1H3/t9-,10-/m1/s1. The zero-order valence-corrected chi connectivity index (χ0v) is 8.71. The summed E-state index contributed by atoms with van der Waals surface area (Å²) in [6.45, 7) is 1.43. The third kappa shape index (κ3) is 1.96. The van der Waals surface area contributed by atoms with E-state index in [1.807, 2.05) is 0 Å². The van der Waals surface area contributed by atoms with Crippen molar-refractivity contribution in [2.24, 2.45) is 5.92 Å². The second-order valence-electron chi connectivity index (χ2n) is 4.14. The maximum Gasteiger partial charge on any atom is 0.416 e. The minimum absolute atomic E-state index is 0.0259.